The highest BCUT2D eigenvalue weighted by Crippen LogP contribution is 2.18. The first-order valence-electron chi connectivity index (χ1n) is 4.59. The fourth-order valence-corrected chi connectivity index (χ4v) is 1.18. The predicted octanol–water partition coefficient (Wildman–Crippen LogP) is 1.12. The van der Waals surface area contributed by atoms with Crippen LogP contribution < -0.4 is 10.1 Å². The van der Waals surface area contributed by atoms with Gasteiger partial charge in [-0.3, -0.25) is 4.98 Å². The molecule has 1 aliphatic carbocycles. The summed E-state index contributed by atoms with van der Waals surface area (Å²) in [5.74, 6) is 0.226. The van der Waals surface area contributed by atoms with Crippen molar-refractivity contribution >= 4 is 6.09 Å². The zero-order valence-corrected chi connectivity index (χ0v) is 7.64. The largest absolute Gasteiger partial charge is 0.414 e. The molecule has 14 heavy (non-hydrogen) atoms. The molecule has 1 heterocycles. The molecule has 1 aromatic rings. The molecule has 0 unspecified atom stereocenters. The molecule has 0 radical (unpaired) electrons. The van der Waals surface area contributed by atoms with Crippen molar-refractivity contribution < 1.29 is 9.53 Å². The molecule has 2 rings (SSSR count). The number of amides is 1. The van der Waals surface area contributed by atoms with E-state index >= 15 is 0 Å². The van der Waals surface area contributed by atoms with Gasteiger partial charge in [0.15, 0.2) is 0 Å². The average molecular weight is 193 g/mol. The number of carbonyl (C=O) groups excluding carboxylic acids is 1. The highest BCUT2D eigenvalue weighted by Gasteiger charge is 2.20. The van der Waals surface area contributed by atoms with Crippen LogP contribution in [0.4, 0.5) is 4.79 Å². The van der Waals surface area contributed by atoms with Gasteiger partial charge in [-0.2, -0.15) is 0 Å². The number of rotatable bonds is 2. The van der Waals surface area contributed by atoms with Gasteiger partial charge in [0.1, 0.15) is 0 Å². The van der Waals surface area contributed by atoms with Crippen molar-refractivity contribution in [2.75, 3.05) is 0 Å². The van der Waals surface area contributed by atoms with E-state index < -0.39 is 6.09 Å². The summed E-state index contributed by atoms with van der Waals surface area (Å²) in [5.41, 5.74) is 0. The fourth-order valence-electron chi connectivity index (χ4n) is 1.18. The van der Waals surface area contributed by atoms with Gasteiger partial charge in [-0.25, -0.2) is 9.78 Å². The monoisotopic (exact) mass is 193 g/mol. The third-order valence-electron chi connectivity index (χ3n) is 2.16. The molecule has 5 heteroatoms. The molecule has 1 amide bonds. The molecule has 0 saturated heterocycles. The Bertz CT molecular complexity index is 311. The minimum absolute atomic E-state index is 0.226. The van der Waals surface area contributed by atoms with E-state index in [1.807, 2.05) is 0 Å². The number of ether oxygens (including phenoxy) is 1. The van der Waals surface area contributed by atoms with Crippen molar-refractivity contribution in [1.82, 2.24) is 15.3 Å². The minimum atomic E-state index is -0.449. The van der Waals surface area contributed by atoms with Gasteiger partial charge in [0.2, 0.25) is 5.88 Å². The van der Waals surface area contributed by atoms with Crippen LogP contribution in [0, 0.1) is 0 Å². The molecule has 0 atom stereocenters. The van der Waals surface area contributed by atoms with Crippen molar-refractivity contribution in [3.63, 3.8) is 0 Å². The lowest BCUT2D eigenvalue weighted by Gasteiger charge is -2.25. The smallest absolute Gasteiger partial charge is 0.390 e. The number of hydrogen-bond acceptors (Lipinski definition) is 4. The van der Waals surface area contributed by atoms with Crippen LogP contribution in [0.15, 0.2) is 18.6 Å². The van der Waals surface area contributed by atoms with Gasteiger partial charge in [0.25, 0.3) is 0 Å². The number of hydrogen-bond donors (Lipinski definition) is 1. The Morgan fingerprint density at radius 3 is 2.93 bits per heavy atom. The van der Waals surface area contributed by atoms with E-state index in [1.165, 1.54) is 25.0 Å². The zero-order valence-electron chi connectivity index (χ0n) is 7.64. The second-order valence-electron chi connectivity index (χ2n) is 3.21. The van der Waals surface area contributed by atoms with Crippen LogP contribution in [0.25, 0.3) is 0 Å². The lowest BCUT2D eigenvalue weighted by Crippen LogP contribution is -2.41. The summed E-state index contributed by atoms with van der Waals surface area (Å²) in [7, 11) is 0. The quantitative estimate of drug-likeness (QED) is 0.764. The molecular weight excluding hydrogens is 182 g/mol. The Kier molecular flexibility index (Phi) is 2.58. The van der Waals surface area contributed by atoms with Gasteiger partial charge in [0, 0.05) is 18.4 Å². The molecule has 1 aromatic heterocycles. The van der Waals surface area contributed by atoms with Gasteiger partial charge >= 0.3 is 6.09 Å². The summed E-state index contributed by atoms with van der Waals surface area (Å²) in [5, 5.41) is 2.74. The number of aromatic nitrogens is 2. The molecule has 0 aliphatic heterocycles. The molecule has 74 valence electrons. The second kappa shape index (κ2) is 4.04. The molecular formula is C9H11N3O2. The SMILES string of the molecule is O=C(NC1CCC1)Oc1cnccn1. The van der Waals surface area contributed by atoms with Crippen LogP contribution in [-0.4, -0.2) is 22.1 Å². The highest BCUT2D eigenvalue weighted by molar-refractivity contribution is 5.70. The van der Waals surface area contributed by atoms with Crippen molar-refractivity contribution in [3.8, 4) is 5.88 Å². The molecule has 1 fully saturated rings. The summed E-state index contributed by atoms with van der Waals surface area (Å²) in [6.07, 6.45) is 7.21. The standard InChI is InChI=1S/C9H11N3O2/c13-9(12-7-2-1-3-7)14-8-6-10-4-5-11-8/h4-7H,1-3H2,(H,12,13). The Labute approximate surface area is 81.5 Å². The van der Waals surface area contributed by atoms with Crippen LogP contribution in [-0.2, 0) is 0 Å². The van der Waals surface area contributed by atoms with E-state index in [0.717, 1.165) is 12.8 Å². The summed E-state index contributed by atoms with van der Waals surface area (Å²) in [6, 6.07) is 0.277. The highest BCUT2D eigenvalue weighted by atomic mass is 16.6. The molecule has 1 N–H and O–H groups in total. The summed E-state index contributed by atoms with van der Waals surface area (Å²) >= 11 is 0. The van der Waals surface area contributed by atoms with Crippen LogP contribution in [0.5, 0.6) is 5.88 Å². The molecule has 0 aromatic carbocycles. The van der Waals surface area contributed by atoms with Crippen molar-refractivity contribution in [1.29, 1.82) is 0 Å². The Hall–Kier alpha value is -1.65. The molecule has 0 bridgehead atoms. The van der Waals surface area contributed by atoms with E-state index in [0.29, 0.717) is 0 Å². The Balaban J connectivity index is 1.82. The molecule has 5 nitrogen and oxygen atoms in total. The first-order valence-corrected chi connectivity index (χ1v) is 4.59. The average Bonchev–Trinajstić information content (AvgIpc) is 2.13. The topological polar surface area (TPSA) is 64.1 Å². The molecule has 0 spiro atoms. The van der Waals surface area contributed by atoms with Gasteiger partial charge in [-0.1, -0.05) is 0 Å². The van der Waals surface area contributed by atoms with Crippen LogP contribution in [0.2, 0.25) is 0 Å². The maximum absolute atomic E-state index is 11.2. The number of nitrogens with one attached hydrogen (secondary N) is 1. The first kappa shape index (κ1) is 8.93. The van der Waals surface area contributed by atoms with Gasteiger partial charge < -0.3 is 10.1 Å². The molecule has 1 saturated carbocycles. The van der Waals surface area contributed by atoms with Crippen LogP contribution >= 0.6 is 0 Å². The second-order valence-corrected chi connectivity index (χ2v) is 3.21. The summed E-state index contributed by atoms with van der Waals surface area (Å²) < 4.78 is 4.90. The fraction of sp³-hybridized carbons (Fsp3) is 0.444. The van der Waals surface area contributed by atoms with E-state index in [1.54, 1.807) is 0 Å². The number of carbonyl (C=O) groups is 1. The maximum Gasteiger partial charge on any atom is 0.414 e. The third-order valence-corrected chi connectivity index (χ3v) is 2.16. The summed E-state index contributed by atoms with van der Waals surface area (Å²) in [4.78, 5) is 18.8. The Morgan fingerprint density at radius 1 is 1.50 bits per heavy atom. The Morgan fingerprint density at radius 2 is 2.36 bits per heavy atom. The van der Waals surface area contributed by atoms with Crippen molar-refractivity contribution in [3.05, 3.63) is 18.6 Å². The summed E-state index contributed by atoms with van der Waals surface area (Å²) in [6.45, 7) is 0. The van der Waals surface area contributed by atoms with Gasteiger partial charge in [-0.15, -0.1) is 0 Å². The normalized spacial score (nSPS) is 15.7. The van der Waals surface area contributed by atoms with E-state index in [-0.39, 0.29) is 11.9 Å². The lowest BCUT2D eigenvalue weighted by atomic mass is 9.93. The molecule has 1 aliphatic rings. The van der Waals surface area contributed by atoms with Crippen LogP contribution in [0.3, 0.4) is 0 Å². The van der Waals surface area contributed by atoms with E-state index in [9.17, 15) is 4.79 Å². The number of nitrogens with zero attached hydrogens (tertiary/aromatic N) is 2. The lowest BCUT2D eigenvalue weighted by molar-refractivity contribution is 0.186. The van der Waals surface area contributed by atoms with E-state index in [2.05, 4.69) is 15.3 Å². The first-order chi connectivity index (χ1) is 6.84. The maximum atomic E-state index is 11.2. The van der Waals surface area contributed by atoms with Crippen molar-refractivity contribution in [2.45, 2.75) is 25.3 Å². The minimum Gasteiger partial charge on any atom is -0.390 e. The van der Waals surface area contributed by atoms with E-state index in [4.69, 9.17) is 4.74 Å². The van der Waals surface area contributed by atoms with Crippen LogP contribution in [0.1, 0.15) is 19.3 Å². The zero-order chi connectivity index (χ0) is 9.80. The predicted molar refractivity (Wildman–Crippen MR) is 48.8 cm³/mol. The van der Waals surface area contributed by atoms with Gasteiger partial charge in [0.05, 0.1) is 6.20 Å². The van der Waals surface area contributed by atoms with Crippen molar-refractivity contribution in [2.24, 2.45) is 0 Å². The van der Waals surface area contributed by atoms with Gasteiger partial charge in [-0.05, 0) is 19.3 Å². The third kappa shape index (κ3) is 2.18.